The van der Waals surface area contributed by atoms with Crippen LogP contribution in [0.15, 0.2) is 36.0 Å². The van der Waals surface area contributed by atoms with Gasteiger partial charge in [-0.25, -0.2) is 9.97 Å². The van der Waals surface area contributed by atoms with Crippen LogP contribution in [0.3, 0.4) is 0 Å². The van der Waals surface area contributed by atoms with Crippen molar-refractivity contribution in [2.45, 2.75) is 25.8 Å². The smallest absolute Gasteiger partial charge is 0.132 e. The SMILES string of the molecule is Cc1ccnc([C@@H]2CCN(Cc3cn[nH]c3-c3cccs3)C2)n1. The largest absolute Gasteiger partial charge is 0.298 e. The van der Waals surface area contributed by atoms with Crippen LogP contribution < -0.4 is 0 Å². The van der Waals surface area contributed by atoms with Gasteiger partial charge < -0.3 is 0 Å². The van der Waals surface area contributed by atoms with Crippen LogP contribution >= 0.6 is 11.3 Å². The van der Waals surface area contributed by atoms with E-state index in [2.05, 4.69) is 42.6 Å². The number of aryl methyl sites for hydroxylation is 1. The first-order valence-electron chi connectivity index (χ1n) is 7.87. The minimum Gasteiger partial charge on any atom is -0.298 e. The number of likely N-dealkylation sites (tertiary alicyclic amines) is 1. The van der Waals surface area contributed by atoms with Gasteiger partial charge in [-0.2, -0.15) is 5.10 Å². The number of H-pyrrole nitrogens is 1. The summed E-state index contributed by atoms with van der Waals surface area (Å²) >= 11 is 1.74. The summed E-state index contributed by atoms with van der Waals surface area (Å²) in [5.74, 6) is 1.42. The van der Waals surface area contributed by atoms with Crippen LogP contribution in [0.4, 0.5) is 0 Å². The minimum atomic E-state index is 0.437. The van der Waals surface area contributed by atoms with Crippen LogP contribution in [0.5, 0.6) is 0 Å². The van der Waals surface area contributed by atoms with Crippen molar-refractivity contribution >= 4 is 11.3 Å². The van der Waals surface area contributed by atoms with Crippen molar-refractivity contribution in [3.63, 3.8) is 0 Å². The molecule has 0 unspecified atom stereocenters. The average molecular weight is 325 g/mol. The molecule has 1 N–H and O–H groups in total. The predicted molar refractivity (Wildman–Crippen MR) is 91.3 cm³/mol. The average Bonchev–Trinajstić information content (AvgIpc) is 3.29. The molecule has 0 spiro atoms. The van der Waals surface area contributed by atoms with Gasteiger partial charge in [0, 0.05) is 36.5 Å². The van der Waals surface area contributed by atoms with E-state index in [-0.39, 0.29) is 0 Å². The summed E-state index contributed by atoms with van der Waals surface area (Å²) in [5, 5.41) is 9.48. The first-order valence-corrected chi connectivity index (χ1v) is 8.75. The number of thiophene rings is 1. The van der Waals surface area contributed by atoms with Gasteiger partial charge in [0.15, 0.2) is 0 Å². The molecule has 0 radical (unpaired) electrons. The fourth-order valence-corrected chi connectivity index (χ4v) is 3.91. The Morgan fingerprint density at radius 2 is 2.35 bits per heavy atom. The summed E-state index contributed by atoms with van der Waals surface area (Å²) < 4.78 is 0. The molecule has 0 saturated carbocycles. The first kappa shape index (κ1) is 14.5. The maximum absolute atomic E-state index is 4.59. The number of hydrogen-bond donors (Lipinski definition) is 1. The molecule has 3 aromatic rings. The van der Waals surface area contributed by atoms with Crippen molar-refractivity contribution in [3.8, 4) is 10.6 Å². The molecule has 0 aromatic carbocycles. The number of nitrogens with one attached hydrogen (secondary N) is 1. The van der Waals surface area contributed by atoms with Crippen molar-refractivity contribution in [2.24, 2.45) is 0 Å². The third-order valence-electron chi connectivity index (χ3n) is 4.33. The zero-order valence-electron chi connectivity index (χ0n) is 13.1. The van der Waals surface area contributed by atoms with Gasteiger partial charge in [0.2, 0.25) is 0 Å². The molecule has 118 valence electrons. The molecule has 0 aliphatic carbocycles. The molecule has 1 saturated heterocycles. The van der Waals surface area contributed by atoms with Crippen LogP contribution in [0, 0.1) is 6.92 Å². The Balaban J connectivity index is 1.46. The topological polar surface area (TPSA) is 57.7 Å². The van der Waals surface area contributed by atoms with Gasteiger partial charge in [-0.1, -0.05) is 6.07 Å². The lowest BCUT2D eigenvalue weighted by molar-refractivity contribution is 0.326. The molecule has 3 aromatic heterocycles. The van der Waals surface area contributed by atoms with Crippen LogP contribution in [0.2, 0.25) is 0 Å². The van der Waals surface area contributed by atoms with Gasteiger partial charge in [0.1, 0.15) is 5.82 Å². The predicted octanol–water partition coefficient (Wildman–Crippen LogP) is 3.23. The summed E-state index contributed by atoms with van der Waals surface area (Å²) in [4.78, 5) is 12.8. The molecule has 1 aliphatic heterocycles. The van der Waals surface area contributed by atoms with E-state index in [1.807, 2.05) is 25.4 Å². The second kappa shape index (κ2) is 6.22. The second-order valence-corrected chi connectivity index (χ2v) is 6.97. The highest BCUT2D eigenvalue weighted by atomic mass is 32.1. The third-order valence-corrected chi connectivity index (χ3v) is 5.22. The molecule has 4 rings (SSSR count). The van der Waals surface area contributed by atoms with Gasteiger partial charge >= 0.3 is 0 Å². The van der Waals surface area contributed by atoms with Crippen molar-refractivity contribution < 1.29 is 0 Å². The normalized spacial score (nSPS) is 18.6. The van der Waals surface area contributed by atoms with E-state index in [0.717, 1.165) is 43.3 Å². The fraction of sp³-hybridized carbons (Fsp3) is 0.353. The van der Waals surface area contributed by atoms with Gasteiger partial charge in [0.25, 0.3) is 0 Å². The van der Waals surface area contributed by atoms with Crippen LogP contribution in [-0.2, 0) is 6.54 Å². The van der Waals surface area contributed by atoms with E-state index in [1.54, 1.807) is 11.3 Å². The number of rotatable bonds is 4. The molecular formula is C17H19N5S. The molecule has 23 heavy (non-hydrogen) atoms. The summed E-state index contributed by atoms with van der Waals surface area (Å²) in [6, 6.07) is 6.16. The molecular weight excluding hydrogens is 306 g/mol. The second-order valence-electron chi connectivity index (χ2n) is 6.02. The molecule has 5 nitrogen and oxygen atoms in total. The van der Waals surface area contributed by atoms with E-state index in [0.29, 0.717) is 5.92 Å². The zero-order chi connectivity index (χ0) is 15.6. The Labute approximate surface area is 139 Å². The molecule has 6 heteroatoms. The van der Waals surface area contributed by atoms with Gasteiger partial charge in [-0.05, 0) is 37.4 Å². The molecule has 1 aliphatic rings. The van der Waals surface area contributed by atoms with Crippen molar-refractivity contribution in [2.75, 3.05) is 13.1 Å². The zero-order valence-corrected chi connectivity index (χ0v) is 13.9. The lowest BCUT2D eigenvalue weighted by atomic mass is 10.1. The van der Waals surface area contributed by atoms with Gasteiger partial charge in [-0.15, -0.1) is 11.3 Å². The Kier molecular flexibility index (Phi) is 3.93. The van der Waals surface area contributed by atoms with Gasteiger partial charge in [0.05, 0.1) is 16.8 Å². The fourth-order valence-electron chi connectivity index (χ4n) is 3.16. The number of aromatic nitrogens is 4. The first-order chi connectivity index (χ1) is 11.3. The number of hydrogen-bond acceptors (Lipinski definition) is 5. The molecule has 4 heterocycles. The third kappa shape index (κ3) is 3.04. The summed E-state index contributed by atoms with van der Waals surface area (Å²) in [7, 11) is 0. The van der Waals surface area contributed by atoms with E-state index in [9.17, 15) is 0 Å². The van der Waals surface area contributed by atoms with Crippen LogP contribution in [0.1, 0.15) is 29.4 Å². The van der Waals surface area contributed by atoms with Crippen LogP contribution in [0.25, 0.3) is 10.6 Å². The Morgan fingerprint density at radius 1 is 1.39 bits per heavy atom. The number of nitrogens with zero attached hydrogens (tertiary/aromatic N) is 4. The standard InChI is InChI=1S/C17H19N5S/c1-12-4-6-18-17(20-12)13-5-7-22(10-13)11-14-9-19-21-16(14)15-3-2-8-23-15/h2-4,6,8-9,13H,5,7,10-11H2,1H3,(H,19,21)/t13-/m1/s1. The van der Waals surface area contributed by atoms with E-state index in [4.69, 9.17) is 0 Å². The van der Waals surface area contributed by atoms with E-state index in [1.165, 1.54) is 10.4 Å². The highest BCUT2D eigenvalue weighted by Crippen LogP contribution is 2.30. The van der Waals surface area contributed by atoms with Crippen molar-refractivity contribution in [1.82, 2.24) is 25.1 Å². The molecule has 1 atom stereocenters. The summed E-state index contributed by atoms with van der Waals surface area (Å²) in [6.07, 6.45) is 4.94. The lowest BCUT2D eigenvalue weighted by Crippen LogP contribution is -2.20. The van der Waals surface area contributed by atoms with Gasteiger partial charge in [-0.3, -0.25) is 10.00 Å². The summed E-state index contributed by atoms with van der Waals surface area (Å²) in [6.45, 7) is 5.04. The lowest BCUT2D eigenvalue weighted by Gasteiger charge is -2.15. The summed E-state index contributed by atoms with van der Waals surface area (Å²) in [5.41, 5.74) is 3.46. The Bertz CT molecular complexity index is 780. The Hall–Kier alpha value is -2.05. The van der Waals surface area contributed by atoms with E-state index < -0.39 is 0 Å². The molecule has 0 amide bonds. The monoisotopic (exact) mass is 325 g/mol. The maximum Gasteiger partial charge on any atom is 0.132 e. The maximum atomic E-state index is 4.59. The minimum absolute atomic E-state index is 0.437. The van der Waals surface area contributed by atoms with Crippen LogP contribution in [-0.4, -0.2) is 38.2 Å². The highest BCUT2D eigenvalue weighted by Gasteiger charge is 2.26. The van der Waals surface area contributed by atoms with Crippen molar-refractivity contribution in [3.05, 3.63) is 53.1 Å². The Morgan fingerprint density at radius 3 is 3.17 bits per heavy atom. The quantitative estimate of drug-likeness (QED) is 0.800. The van der Waals surface area contributed by atoms with E-state index >= 15 is 0 Å². The number of aromatic amines is 1. The van der Waals surface area contributed by atoms with Crippen molar-refractivity contribution in [1.29, 1.82) is 0 Å². The molecule has 1 fully saturated rings. The molecule has 0 bridgehead atoms. The highest BCUT2D eigenvalue weighted by molar-refractivity contribution is 7.13.